The molecule has 3 nitrogen and oxygen atoms in total. The van der Waals surface area contributed by atoms with E-state index in [1.807, 2.05) is 36.0 Å². The number of nitrogens with zero attached hydrogens (tertiary/aromatic N) is 2. The topological polar surface area (TPSA) is 29.9 Å². The van der Waals surface area contributed by atoms with Crippen LogP contribution in [-0.4, -0.2) is 16.3 Å². The first-order valence-corrected chi connectivity index (χ1v) is 8.33. The van der Waals surface area contributed by atoms with Crippen molar-refractivity contribution in [3.63, 3.8) is 0 Å². The Hall–Kier alpha value is -0.970. The van der Waals surface area contributed by atoms with Gasteiger partial charge >= 0.3 is 0 Å². The summed E-state index contributed by atoms with van der Waals surface area (Å²) in [5, 5.41) is 10.0. The van der Waals surface area contributed by atoms with E-state index in [9.17, 15) is 0 Å². The van der Waals surface area contributed by atoms with Crippen LogP contribution in [0, 0.1) is 12.8 Å². The summed E-state index contributed by atoms with van der Waals surface area (Å²) in [7, 11) is 2.00. The standard InChI is InChI=1S/C16H22ClN3S/c1-11(2)9-18-10-15-12(3)19-20(4)16(15)21-14-7-5-13(17)6-8-14/h5-8,11,18H,9-10H2,1-4H3. The Labute approximate surface area is 136 Å². The van der Waals surface area contributed by atoms with Gasteiger partial charge in [-0.3, -0.25) is 4.68 Å². The molecule has 0 atom stereocenters. The van der Waals surface area contributed by atoms with Gasteiger partial charge in [0.2, 0.25) is 0 Å². The second-order valence-corrected chi connectivity index (χ2v) is 7.07. The minimum absolute atomic E-state index is 0.648. The van der Waals surface area contributed by atoms with Crippen molar-refractivity contribution < 1.29 is 0 Å². The second kappa shape index (κ2) is 7.34. The minimum atomic E-state index is 0.648. The molecule has 1 aromatic heterocycles. The molecule has 0 fully saturated rings. The van der Waals surface area contributed by atoms with Gasteiger partial charge in [-0.25, -0.2) is 0 Å². The number of benzene rings is 1. The van der Waals surface area contributed by atoms with Crippen LogP contribution in [0.2, 0.25) is 5.02 Å². The predicted molar refractivity (Wildman–Crippen MR) is 90.1 cm³/mol. The molecule has 2 aromatic rings. The Morgan fingerprint density at radius 3 is 2.57 bits per heavy atom. The minimum Gasteiger partial charge on any atom is -0.312 e. The summed E-state index contributed by atoms with van der Waals surface area (Å²) in [5.74, 6) is 0.648. The molecule has 0 spiro atoms. The summed E-state index contributed by atoms with van der Waals surface area (Å²) in [6.45, 7) is 8.37. The van der Waals surface area contributed by atoms with Crippen molar-refractivity contribution in [3.05, 3.63) is 40.5 Å². The molecule has 0 bridgehead atoms. The van der Waals surface area contributed by atoms with Gasteiger partial charge < -0.3 is 5.32 Å². The van der Waals surface area contributed by atoms with E-state index < -0.39 is 0 Å². The van der Waals surface area contributed by atoms with Crippen LogP contribution in [0.5, 0.6) is 0 Å². The van der Waals surface area contributed by atoms with Crippen molar-refractivity contribution in [1.82, 2.24) is 15.1 Å². The fraction of sp³-hybridized carbons (Fsp3) is 0.438. The predicted octanol–water partition coefficient (Wildman–Crippen LogP) is 4.28. The fourth-order valence-corrected chi connectivity index (χ4v) is 3.25. The maximum atomic E-state index is 5.94. The molecule has 5 heteroatoms. The van der Waals surface area contributed by atoms with Crippen LogP contribution in [-0.2, 0) is 13.6 Å². The van der Waals surface area contributed by atoms with Crippen LogP contribution in [0.25, 0.3) is 0 Å². The molecule has 1 heterocycles. The Morgan fingerprint density at radius 1 is 1.29 bits per heavy atom. The Bertz CT molecular complexity index is 590. The van der Waals surface area contributed by atoms with E-state index in [0.29, 0.717) is 5.92 Å². The molecule has 0 unspecified atom stereocenters. The number of nitrogens with one attached hydrogen (secondary N) is 1. The maximum Gasteiger partial charge on any atom is 0.103 e. The number of rotatable bonds is 6. The fourth-order valence-electron chi connectivity index (χ4n) is 2.11. The summed E-state index contributed by atoms with van der Waals surface area (Å²) in [4.78, 5) is 1.17. The van der Waals surface area contributed by atoms with Gasteiger partial charge in [-0.05, 0) is 43.7 Å². The molecule has 0 aliphatic rings. The molecule has 0 saturated carbocycles. The molecule has 2 rings (SSSR count). The maximum absolute atomic E-state index is 5.94. The van der Waals surface area contributed by atoms with Crippen LogP contribution >= 0.6 is 23.4 Å². The summed E-state index contributed by atoms with van der Waals surface area (Å²) in [6.07, 6.45) is 0. The van der Waals surface area contributed by atoms with Crippen molar-refractivity contribution in [2.45, 2.75) is 37.2 Å². The van der Waals surface area contributed by atoms with Crippen molar-refractivity contribution in [2.24, 2.45) is 13.0 Å². The van der Waals surface area contributed by atoms with Gasteiger partial charge in [0, 0.05) is 29.1 Å². The van der Waals surface area contributed by atoms with Gasteiger partial charge in [-0.2, -0.15) is 5.10 Å². The van der Waals surface area contributed by atoms with E-state index in [-0.39, 0.29) is 0 Å². The summed E-state index contributed by atoms with van der Waals surface area (Å²) < 4.78 is 1.96. The number of halogens is 1. The monoisotopic (exact) mass is 323 g/mol. The van der Waals surface area contributed by atoms with E-state index in [1.165, 1.54) is 15.5 Å². The van der Waals surface area contributed by atoms with E-state index in [4.69, 9.17) is 11.6 Å². The van der Waals surface area contributed by atoms with Gasteiger partial charge in [0.25, 0.3) is 0 Å². The normalized spacial score (nSPS) is 11.3. The first-order valence-electron chi connectivity index (χ1n) is 7.14. The highest BCUT2D eigenvalue weighted by atomic mass is 35.5. The average Bonchev–Trinajstić information content (AvgIpc) is 2.68. The van der Waals surface area contributed by atoms with Gasteiger partial charge in [0.1, 0.15) is 5.03 Å². The number of aryl methyl sites for hydroxylation is 2. The highest BCUT2D eigenvalue weighted by Gasteiger charge is 2.14. The van der Waals surface area contributed by atoms with Crippen molar-refractivity contribution in [1.29, 1.82) is 0 Å². The zero-order chi connectivity index (χ0) is 15.4. The number of hydrogen-bond donors (Lipinski definition) is 1. The summed E-state index contributed by atoms with van der Waals surface area (Å²) in [5.41, 5.74) is 2.36. The molecule has 0 saturated heterocycles. The molecule has 0 amide bonds. The van der Waals surface area contributed by atoms with Crippen LogP contribution in [0.1, 0.15) is 25.1 Å². The third-order valence-corrected chi connectivity index (χ3v) is 4.64. The third kappa shape index (κ3) is 4.50. The van der Waals surface area contributed by atoms with Crippen molar-refractivity contribution in [2.75, 3.05) is 6.54 Å². The van der Waals surface area contributed by atoms with Crippen LogP contribution < -0.4 is 5.32 Å². The van der Waals surface area contributed by atoms with Gasteiger partial charge in [0.15, 0.2) is 0 Å². The van der Waals surface area contributed by atoms with Crippen LogP contribution in [0.4, 0.5) is 0 Å². The lowest BCUT2D eigenvalue weighted by atomic mass is 10.2. The largest absolute Gasteiger partial charge is 0.312 e. The van der Waals surface area contributed by atoms with E-state index in [1.54, 1.807) is 11.8 Å². The lowest BCUT2D eigenvalue weighted by Crippen LogP contribution is -2.19. The first kappa shape index (κ1) is 16.4. The Morgan fingerprint density at radius 2 is 1.95 bits per heavy atom. The SMILES string of the molecule is Cc1nn(C)c(Sc2ccc(Cl)cc2)c1CNCC(C)C. The molecule has 21 heavy (non-hydrogen) atoms. The van der Waals surface area contributed by atoms with Crippen LogP contribution in [0.15, 0.2) is 34.2 Å². The Balaban J connectivity index is 2.16. The van der Waals surface area contributed by atoms with Crippen molar-refractivity contribution >= 4 is 23.4 Å². The lowest BCUT2D eigenvalue weighted by Gasteiger charge is -2.09. The summed E-state index contributed by atoms with van der Waals surface area (Å²) >= 11 is 7.67. The molecule has 0 radical (unpaired) electrons. The lowest BCUT2D eigenvalue weighted by molar-refractivity contribution is 0.548. The molecule has 1 aromatic carbocycles. The highest BCUT2D eigenvalue weighted by molar-refractivity contribution is 7.99. The molecular weight excluding hydrogens is 302 g/mol. The molecule has 114 valence electrons. The summed E-state index contributed by atoms with van der Waals surface area (Å²) in [6, 6.07) is 7.93. The first-order chi connectivity index (χ1) is 9.97. The molecule has 0 aliphatic carbocycles. The van der Waals surface area contributed by atoms with E-state index >= 15 is 0 Å². The zero-order valence-electron chi connectivity index (χ0n) is 13.0. The second-order valence-electron chi connectivity index (χ2n) is 5.57. The third-order valence-electron chi connectivity index (χ3n) is 3.17. The molecule has 0 aliphatic heterocycles. The Kier molecular flexibility index (Phi) is 5.73. The van der Waals surface area contributed by atoms with Gasteiger partial charge in [0.05, 0.1) is 5.69 Å². The number of hydrogen-bond acceptors (Lipinski definition) is 3. The van der Waals surface area contributed by atoms with Crippen molar-refractivity contribution in [3.8, 4) is 0 Å². The average molecular weight is 324 g/mol. The van der Waals surface area contributed by atoms with Gasteiger partial charge in [-0.1, -0.05) is 37.2 Å². The zero-order valence-corrected chi connectivity index (χ0v) is 14.6. The van der Waals surface area contributed by atoms with Gasteiger partial charge in [-0.15, -0.1) is 0 Å². The smallest absolute Gasteiger partial charge is 0.103 e. The van der Waals surface area contributed by atoms with E-state index in [2.05, 4.69) is 31.2 Å². The molecule has 1 N–H and O–H groups in total. The number of aromatic nitrogens is 2. The quantitative estimate of drug-likeness (QED) is 0.860. The van der Waals surface area contributed by atoms with Crippen LogP contribution in [0.3, 0.4) is 0 Å². The van der Waals surface area contributed by atoms with E-state index in [0.717, 1.165) is 23.8 Å². The highest BCUT2D eigenvalue weighted by Crippen LogP contribution is 2.32. The molecular formula is C16H22ClN3S.